The van der Waals surface area contributed by atoms with Gasteiger partial charge in [-0.05, 0) is 25.1 Å². The summed E-state index contributed by atoms with van der Waals surface area (Å²) in [5, 5.41) is 19.9. The fourth-order valence-electron chi connectivity index (χ4n) is 3.31. The smallest absolute Gasteiger partial charge is 0.294 e. The van der Waals surface area contributed by atoms with Gasteiger partial charge in [0.15, 0.2) is 0 Å². The van der Waals surface area contributed by atoms with Crippen LogP contribution in [0.4, 0.5) is 11.4 Å². The molecule has 1 aliphatic rings. The fourth-order valence-corrected chi connectivity index (χ4v) is 4.14. The zero-order valence-corrected chi connectivity index (χ0v) is 18.1. The first-order chi connectivity index (χ1) is 14.9. The van der Waals surface area contributed by atoms with E-state index in [4.69, 9.17) is 20.4 Å². The maximum atomic E-state index is 12.6. The van der Waals surface area contributed by atoms with E-state index < -0.39 is 4.92 Å². The third-order valence-corrected chi connectivity index (χ3v) is 5.96. The van der Waals surface area contributed by atoms with Gasteiger partial charge in [-0.25, -0.2) is 0 Å². The van der Waals surface area contributed by atoms with E-state index in [1.54, 1.807) is 36.3 Å². The number of carbonyl (C=O) groups excluding carboxylic acids is 1. The minimum Gasteiger partial charge on any atom is -0.469 e. The molecule has 0 atom stereocenters. The van der Waals surface area contributed by atoms with E-state index in [1.807, 2.05) is 4.90 Å². The molecule has 0 bridgehead atoms. The predicted octanol–water partition coefficient (Wildman–Crippen LogP) is 3.64. The van der Waals surface area contributed by atoms with E-state index in [0.29, 0.717) is 53.8 Å². The number of rotatable bonds is 6. The highest BCUT2D eigenvalue weighted by Crippen LogP contribution is 2.32. The zero-order valence-electron chi connectivity index (χ0n) is 16.5. The summed E-state index contributed by atoms with van der Waals surface area (Å²) in [4.78, 5) is 27.1. The first kappa shape index (κ1) is 21.2. The van der Waals surface area contributed by atoms with Crippen molar-refractivity contribution >= 4 is 40.6 Å². The third-order valence-electron chi connectivity index (χ3n) is 4.92. The number of anilines is 1. The molecule has 1 aliphatic heterocycles. The molecule has 0 saturated carbocycles. The maximum absolute atomic E-state index is 12.6. The Hall–Kier alpha value is -3.05. The Balaban J connectivity index is 1.32. The molecule has 0 N–H and O–H groups in total. The van der Waals surface area contributed by atoms with Crippen LogP contribution in [0, 0.1) is 17.0 Å². The topological polar surface area (TPSA) is 119 Å². The van der Waals surface area contributed by atoms with Crippen molar-refractivity contribution in [1.82, 2.24) is 15.1 Å². The van der Waals surface area contributed by atoms with Gasteiger partial charge < -0.3 is 18.6 Å². The molecule has 2 aromatic heterocycles. The van der Waals surface area contributed by atoms with Crippen molar-refractivity contribution in [3.8, 4) is 11.5 Å². The average Bonchev–Trinajstić information content (AvgIpc) is 3.40. The van der Waals surface area contributed by atoms with Crippen LogP contribution in [0.5, 0.6) is 0 Å². The molecule has 1 aromatic carbocycles. The van der Waals surface area contributed by atoms with Gasteiger partial charge in [-0.15, -0.1) is 10.2 Å². The molecular weight excluding hydrogens is 446 g/mol. The quantitative estimate of drug-likeness (QED) is 0.306. The van der Waals surface area contributed by atoms with Gasteiger partial charge in [0, 0.05) is 37.3 Å². The Labute approximate surface area is 186 Å². The van der Waals surface area contributed by atoms with Gasteiger partial charge in [0.05, 0.1) is 22.5 Å². The van der Waals surface area contributed by atoms with Crippen LogP contribution in [0.2, 0.25) is 5.02 Å². The molecule has 1 amide bonds. The second kappa shape index (κ2) is 8.98. The van der Waals surface area contributed by atoms with Gasteiger partial charge in [-0.3, -0.25) is 14.9 Å². The van der Waals surface area contributed by atoms with Gasteiger partial charge in [-0.1, -0.05) is 23.4 Å². The number of benzene rings is 1. The van der Waals surface area contributed by atoms with Gasteiger partial charge in [-0.2, -0.15) is 0 Å². The van der Waals surface area contributed by atoms with Gasteiger partial charge in [0.1, 0.15) is 11.4 Å². The van der Waals surface area contributed by atoms with Crippen LogP contribution in [0.15, 0.2) is 44.6 Å². The van der Waals surface area contributed by atoms with Crippen molar-refractivity contribution in [3.63, 3.8) is 0 Å². The molecule has 1 saturated heterocycles. The molecule has 4 rings (SSSR count). The first-order valence-electron chi connectivity index (χ1n) is 9.40. The van der Waals surface area contributed by atoms with Gasteiger partial charge in [0.25, 0.3) is 16.8 Å². The number of piperazine rings is 1. The highest BCUT2D eigenvalue weighted by Gasteiger charge is 2.26. The summed E-state index contributed by atoms with van der Waals surface area (Å²) in [7, 11) is 0. The number of aryl methyl sites for hydroxylation is 1. The van der Waals surface area contributed by atoms with Crippen LogP contribution in [0.25, 0.3) is 11.5 Å². The molecule has 0 aliphatic carbocycles. The summed E-state index contributed by atoms with van der Waals surface area (Å²) in [6, 6.07) is 6.35. The van der Waals surface area contributed by atoms with Gasteiger partial charge in [0.2, 0.25) is 5.91 Å². The SMILES string of the molecule is Cc1occc1-c1nnc(SCC(=O)N2CCN(c3ccc(Cl)cc3[N+](=O)[O-])CC2)o1. The molecule has 162 valence electrons. The Kier molecular flexibility index (Phi) is 6.14. The van der Waals surface area contributed by atoms with E-state index in [9.17, 15) is 14.9 Å². The number of nitro groups is 1. The first-order valence-corrected chi connectivity index (χ1v) is 10.8. The lowest BCUT2D eigenvalue weighted by molar-refractivity contribution is -0.384. The number of halogens is 1. The van der Waals surface area contributed by atoms with Crippen molar-refractivity contribution < 1.29 is 18.6 Å². The maximum Gasteiger partial charge on any atom is 0.294 e. The lowest BCUT2D eigenvalue weighted by Crippen LogP contribution is -2.49. The number of thioether (sulfide) groups is 1. The second-order valence-electron chi connectivity index (χ2n) is 6.81. The monoisotopic (exact) mass is 463 g/mol. The zero-order chi connectivity index (χ0) is 22.0. The van der Waals surface area contributed by atoms with Crippen molar-refractivity contribution in [2.75, 3.05) is 36.8 Å². The summed E-state index contributed by atoms with van der Waals surface area (Å²) >= 11 is 7.06. The Morgan fingerprint density at radius 1 is 1.26 bits per heavy atom. The molecule has 0 unspecified atom stereocenters. The number of nitro benzene ring substituents is 1. The van der Waals surface area contributed by atoms with E-state index in [2.05, 4.69) is 10.2 Å². The fraction of sp³-hybridized carbons (Fsp3) is 0.316. The molecule has 3 aromatic rings. The molecule has 1 fully saturated rings. The predicted molar refractivity (Wildman–Crippen MR) is 114 cm³/mol. The van der Waals surface area contributed by atoms with Crippen LogP contribution in [-0.2, 0) is 4.79 Å². The number of hydrogen-bond donors (Lipinski definition) is 0. The molecular formula is C19H18ClN5O5S. The van der Waals surface area contributed by atoms with Crippen LogP contribution >= 0.6 is 23.4 Å². The highest BCUT2D eigenvalue weighted by atomic mass is 35.5. The number of nitrogens with zero attached hydrogens (tertiary/aromatic N) is 5. The van der Waals surface area contributed by atoms with Crippen molar-refractivity contribution in [3.05, 3.63) is 51.4 Å². The number of furan rings is 1. The molecule has 0 spiro atoms. The van der Waals surface area contributed by atoms with E-state index in [-0.39, 0.29) is 17.3 Å². The number of hydrogen-bond acceptors (Lipinski definition) is 9. The third kappa shape index (κ3) is 4.67. The van der Waals surface area contributed by atoms with E-state index in [1.165, 1.54) is 17.8 Å². The molecule has 12 heteroatoms. The second-order valence-corrected chi connectivity index (χ2v) is 8.17. The van der Waals surface area contributed by atoms with E-state index >= 15 is 0 Å². The minimum absolute atomic E-state index is 0.0390. The van der Waals surface area contributed by atoms with Crippen molar-refractivity contribution in [2.45, 2.75) is 12.1 Å². The van der Waals surface area contributed by atoms with Gasteiger partial charge >= 0.3 is 0 Å². The molecule has 0 radical (unpaired) electrons. The Morgan fingerprint density at radius 2 is 2.03 bits per heavy atom. The van der Waals surface area contributed by atoms with Crippen LogP contribution in [-0.4, -0.2) is 57.9 Å². The largest absolute Gasteiger partial charge is 0.469 e. The summed E-state index contributed by atoms with van der Waals surface area (Å²) in [6.07, 6.45) is 1.55. The molecule has 3 heterocycles. The summed E-state index contributed by atoms with van der Waals surface area (Å²) in [5.41, 5.74) is 1.18. The number of amides is 1. The van der Waals surface area contributed by atoms with Crippen LogP contribution < -0.4 is 4.90 Å². The standard InChI is InChI=1S/C19H18ClN5O5S/c1-12-14(4-9-29-12)18-21-22-19(30-18)31-11-17(26)24-7-5-23(6-8-24)15-3-2-13(20)10-16(15)25(27)28/h2-4,9-10H,5-8,11H2,1H3. The van der Waals surface area contributed by atoms with Crippen molar-refractivity contribution in [1.29, 1.82) is 0 Å². The van der Waals surface area contributed by atoms with Crippen LogP contribution in [0.1, 0.15) is 5.76 Å². The lowest BCUT2D eigenvalue weighted by Gasteiger charge is -2.35. The molecule has 31 heavy (non-hydrogen) atoms. The highest BCUT2D eigenvalue weighted by molar-refractivity contribution is 7.99. The number of carbonyl (C=O) groups is 1. The summed E-state index contributed by atoms with van der Waals surface area (Å²) in [5.74, 6) is 1.12. The minimum atomic E-state index is -0.445. The summed E-state index contributed by atoms with van der Waals surface area (Å²) < 4.78 is 10.8. The average molecular weight is 464 g/mol. The Morgan fingerprint density at radius 3 is 2.71 bits per heavy atom. The van der Waals surface area contributed by atoms with Crippen molar-refractivity contribution in [2.24, 2.45) is 0 Å². The Bertz CT molecular complexity index is 1110. The van der Waals surface area contributed by atoms with Crippen LogP contribution in [0.3, 0.4) is 0 Å². The molecule has 10 nitrogen and oxygen atoms in total. The van der Waals surface area contributed by atoms with E-state index in [0.717, 1.165) is 5.56 Å². The lowest BCUT2D eigenvalue weighted by atomic mass is 10.2. The number of aromatic nitrogens is 2. The normalized spacial score (nSPS) is 14.1. The summed E-state index contributed by atoms with van der Waals surface area (Å²) in [6.45, 7) is 3.70.